The van der Waals surface area contributed by atoms with Crippen molar-refractivity contribution in [3.63, 3.8) is 0 Å². The largest absolute Gasteiger partial charge is 0.493 e. The first-order valence-electron chi connectivity index (χ1n) is 14.1. The fourth-order valence-corrected chi connectivity index (χ4v) is 4.31. The summed E-state index contributed by atoms with van der Waals surface area (Å²) in [5.41, 5.74) is 0.877. The maximum atomic E-state index is 13.9. The Hall–Kier alpha value is -4.66. The highest BCUT2D eigenvalue weighted by Gasteiger charge is 2.23. The van der Waals surface area contributed by atoms with E-state index in [0.717, 1.165) is 12.8 Å². The zero-order chi connectivity index (χ0) is 30.1. The smallest absolute Gasteiger partial charge is 0.417 e. The standard InChI is InChI=1S/C33H37N3O6/c1-5-6-19-36-29-26(17-11-18-34-29)27(28(30(36)37)35-32(39)42-24-14-8-7-9-15-24)23-13-10-16-25(22-23)40-20-12-21-41-31(38)33(2,3)4/h7-11,13-18,22H,5-6,12,19-21H2,1-4H3,(H,35,39). The summed E-state index contributed by atoms with van der Waals surface area (Å²) in [6, 6.07) is 19.6. The van der Waals surface area contributed by atoms with E-state index in [1.165, 1.54) is 0 Å². The quantitative estimate of drug-likeness (QED) is 0.155. The minimum Gasteiger partial charge on any atom is -0.493 e. The van der Waals surface area contributed by atoms with Gasteiger partial charge in [0.05, 0.1) is 18.6 Å². The lowest BCUT2D eigenvalue weighted by atomic mass is 9.97. The first-order valence-corrected chi connectivity index (χ1v) is 14.1. The molecule has 4 rings (SSSR count). The molecule has 42 heavy (non-hydrogen) atoms. The summed E-state index contributed by atoms with van der Waals surface area (Å²) in [5, 5.41) is 3.43. The monoisotopic (exact) mass is 571 g/mol. The number of fused-ring (bicyclic) bond motifs is 1. The SMILES string of the molecule is CCCCn1c(=O)c(NC(=O)Oc2ccccc2)c(-c2cccc(OCCCOC(=O)C(C)(C)C)c2)c2cccnc21. The topological polar surface area (TPSA) is 109 Å². The van der Waals surface area contributed by atoms with E-state index < -0.39 is 11.5 Å². The summed E-state index contributed by atoms with van der Waals surface area (Å²) >= 11 is 0. The highest BCUT2D eigenvalue weighted by Crippen LogP contribution is 2.35. The lowest BCUT2D eigenvalue weighted by molar-refractivity contribution is -0.153. The van der Waals surface area contributed by atoms with Crippen LogP contribution in [0.25, 0.3) is 22.2 Å². The van der Waals surface area contributed by atoms with E-state index in [1.54, 1.807) is 41.1 Å². The van der Waals surface area contributed by atoms with Crippen molar-refractivity contribution in [1.82, 2.24) is 9.55 Å². The van der Waals surface area contributed by atoms with Crippen molar-refractivity contribution in [3.8, 4) is 22.6 Å². The molecule has 2 heterocycles. The highest BCUT2D eigenvalue weighted by molar-refractivity contribution is 6.03. The van der Waals surface area contributed by atoms with Crippen molar-refractivity contribution in [3.05, 3.63) is 83.3 Å². The van der Waals surface area contributed by atoms with Crippen LogP contribution in [0, 0.1) is 5.41 Å². The van der Waals surface area contributed by atoms with Crippen LogP contribution in [0.15, 0.2) is 77.7 Å². The van der Waals surface area contributed by atoms with E-state index in [-0.39, 0.29) is 23.8 Å². The van der Waals surface area contributed by atoms with Crippen LogP contribution in [0.1, 0.15) is 47.0 Å². The fourth-order valence-electron chi connectivity index (χ4n) is 4.31. The van der Waals surface area contributed by atoms with Crippen molar-refractivity contribution in [2.75, 3.05) is 18.5 Å². The Morgan fingerprint density at radius 3 is 2.43 bits per heavy atom. The molecule has 220 valence electrons. The predicted octanol–water partition coefficient (Wildman–Crippen LogP) is 6.83. The molecule has 0 saturated heterocycles. The van der Waals surface area contributed by atoms with Crippen LogP contribution in [0.5, 0.6) is 11.5 Å². The molecule has 2 aromatic carbocycles. The minimum absolute atomic E-state index is 0.0961. The van der Waals surface area contributed by atoms with Crippen LogP contribution in [0.2, 0.25) is 0 Å². The molecule has 9 nitrogen and oxygen atoms in total. The number of rotatable bonds is 11. The van der Waals surface area contributed by atoms with Gasteiger partial charge in [0.1, 0.15) is 22.8 Å². The highest BCUT2D eigenvalue weighted by atomic mass is 16.6. The summed E-state index contributed by atoms with van der Waals surface area (Å²) in [5.74, 6) is 0.665. The molecule has 0 spiro atoms. The summed E-state index contributed by atoms with van der Waals surface area (Å²) in [6.07, 6.45) is 3.05. The summed E-state index contributed by atoms with van der Waals surface area (Å²) in [7, 11) is 0. The van der Waals surface area contributed by atoms with Gasteiger partial charge in [0, 0.05) is 30.1 Å². The van der Waals surface area contributed by atoms with Gasteiger partial charge >= 0.3 is 12.1 Å². The Bertz CT molecular complexity index is 1590. The van der Waals surface area contributed by atoms with E-state index in [2.05, 4.69) is 10.3 Å². The Balaban J connectivity index is 1.67. The number of ether oxygens (including phenoxy) is 3. The van der Waals surface area contributed by atoms with Gasteiger partial charge in [0.15, 0.2) is 0 Å². The van der Waals surface area contributed by atoms with Crippen LogP contribution < -0.4 is 20.3 Å². The van der Waals surface area contributed by atoms with Gasteiger partial charge in [0.25, 0.3) is 5.56 Å². The average Bonchev–Trinajstić information content (AvgIpc) is 2.97. The lowest BCUT2D eigenvalue weighted by Gasteiger charge is -2.18. The van der Waals surface area contributed by atoms with Gasteiger partial charge < -0.3 is 14.2 Å². The first kappa shape index (κ1) is 30.3. The van der Waals surface area contributed by atoms with E-state index in [9.17, 15) is 14.4 Å². The number of hydrogen-bond acceptors (Lipinski definition) is 7. The third-order valence-electron chi connectivity index (χ3n) is 6.46. The van der Waals surface area contributed by atoms with Gasteiger partial charge in [-0.2, -0.15) is 0 Å². The van der Waals surface area contributed by atoms with Gasteiger partial charge in [-0.3, -0.25) is 19.5 Å². The summed E-state index contributed by atoms with van der Waals surface area (Å²) < 4.78 is 18.3. The van der Waals surface area contributed by atoms with Crippen LogP contribution in [0.3, 0.4) is 0 Å². The molecule has 0 unspecified atom stereocenters. The number of benzene rings is 2. The molecule has 0 saturated carbocycles. The normalized spacial score (nSPS) is 11.2. The van der Waals surface area contributed by atoms with Crippen molar-refractivity contribution >= 4 is 28.8 Å². The van der Waals surface area contributed by atoms with E-state index in [4.69, 9.17) is 14.2 Å². The second-order valence-electron chi connectivity index (χ2n) is 10.9. The molecule has 0 atom stereocenters. The average molecular weight is 572 g/mol. The second-order valence-corrected chi connectivity index (χ2v) is 10.9. The molecule has 1 N–H and O–H groups in total. The number of hydrogen-bond donors (Lipinski definition) is 1. The Labute approximate surface area is 245 Å². The third-order valence-corrected chi connectivity index (χ3v) is 6.46. The van der Waals surface area contributed by atoms with Crippen LogP contribution in [0.4, 0.5) is 10.5 Å². The van der Waals surface area contributed by atoms with Gasteiger partial charge in [-0.1, -0.05) is 43.7 Å². The predicted molar refractivity (Wildman–Crippen MR) is 163 cm³/mol. The molecule has 0 radical (unpaired) electrons. The molecule has 4 aromatic rings. The zero-order valence-electron chi connectivity index (χ0n) is 24.5. The minimum atomic E-state index is -0.776. The van der Waals surface area contributed by atoms with Crippen LogP contribution in [-0.2, 0) is 16.1 Å². The third kappa shape index (κ3) is 7.54. The molecular formula is C33H37N3O6. The van der Waals surface area contributed by atoms with Crippen molar-refractivity contribution < 1.29 is 23.8 Å². The number of nitrogens with one attached hydrogen (secondary N) is 1. The zero-order valence-corrected chi connectivity index (χ0v) is 24.5. The van der Waals surface area contributed by atoms with Gasteiger partial charge in [-0.05, 0) is 69.2 Å². The van der Waals surface area contributed by atoms with Crippen molar-refractivity contribution in [1.29, 1.82) is 0 Å². The number of nitrogens with zero attached hydrogens (tertiary/aromatic N) is 2. The summed E-state index contributed by atoms with van der Waals surface area (Å²) in [4.78, 5) is 43.4. The fraction of sp³-hybridized carbons (Fsp3) is 0.333. The van der Waals surface area contributed by atoms with Crippen LogP contribution >= 0.6 is 0 Å². The number of carbonyl (C=O) groups excluding carboxylic acids is 2. The number of aryl methyl sites for hydroxylation is 1. The van der Waals surface area contributed by atoms with Gasteiger partial charge in [-0.25, -0.2) is 9.78 Å². The molecule has 0 fully saturated rings. The number of pyridine rings is 2. The van der Waals surface area contributed by atoms with Crippen LogP contribution in [-0.4, -0.2) is 34.8 Å². The van der Waals surface area contributed by atoms with Crippen molar-refractivity contribution in [2.45, 2.75) is 53.5 Å². The number of anilines is 1. The van der Waals surface area contributed by atoms with Gasteiger partial charge in [0.2, 0.25) is 0 Å². The number of esters is 1. The Kier molecular flexibility index (Phi) is 9.96. The number of carbonyl (C=O) groups is 2. The molecule has 0 bridgehead atoms. The van der Waals surface area contributed by atoms with E-state index in [1.807, 2.05) is 64.1 Å². The van der Waals surface area contributed by atoms with Gasteiger partial charge in [-0.15, -0.1) is 0 Å². The molecule has 1 amide bonds. The Morgan fingerprint density at radius 2 is 1.69 bits per heavy atom. The van der Waals surface area contributed by atoms with E-state index >= 15 is 0 Å². The molecule has 2 aromatic heterocycles. The molecular weight excluding hydrogens is 534 g/mol. The molecule has 0 aliphatic heterocycles. The number of unbranched alkanes of at least 4 members (excludes halogenated alkanes) is 1. The summed E-state index contributed by atoms with van der Waals surface area (Å²) in [6.45, 7) is 8.51. The molecule has 9 heteroatoms. The maximum Gasteiger partial charge on any atom is 0.417 e. The molecule has 0 aliphatic carbocycles. The molecule has 0 aliphatic rings. The van der Waals surface area contributed by atoms with Crippen molar-refractivity contribution in [2.24, 2.45) is 5.41 Å². The lowest BCUT2D eigenvalue weighted by Crippen LogP contribution is -2.29. The van der Waals surface area contributed by atoms with E-state index in [0.29, 0.717) is 53.2 Å². The first-order chi connectivity index (χ1) is 20.2. The Morgan fingerprint density at radius 1 is 0.929 bits per heavy atom. The number of aromatic nitrogens is 2. The maximum absolute atomic E-state index is 13.9. The number of amides is 1. The second kappa shape index (κ2) is 13.8. The number of para-hydroxylation sites is 1.